The van der Waals surface area contributed by atoms with E-state index in [4.69, 9.17) is 4.42 Å². The molecule has 0 aliphatic rings. The van der Waals surface area contributed by atoms with Gasteiger partial charge >= 0.3 is 0 Å². The molecule has 0 fully saturated rings. The largest absolute Gasteiger partial charge is 0.472 e. The summed E-state index contributed by atoms with van der Waals surface area (Å²) in [6, 6.07) is 1.96. The molecule has 2 rings (SSSR count). The highest BCUT2D eigenvalue weighted by Crippen LogP contribution is 2.18. The Labute approximate surface area is 87.9 Å². The second-order valence-corrected chi connectivity index (χ2v) is 3.31. The first kappa shape index (κ1) is 9.92. The van der Waals surface area contributed by atoms with Gasteiger partial charge in [0.2, 0.25) is 0 Å². The molecule has 0 amide bonds. The van der Waals surface area contributed by atoms with Gasteiger partial charge < -0.3 is 9.73 Å². The molecule has 0 spiro atoms. The summed E-state index contributed by atoms with van der Waals surface area (Å²) in [6.45, 7) is 3.05. The number of aromatic nitrogens is 3. The molecule has 5 nitrogen and oxygen atoms in total. The minimum atomic E-state index is 0.0335. The SMILES string of the molecule is CCCNC(c1ccoc1)c1ncn[nH]1. The Balaban J connectivity index is 2.17. The third-order valence-electron chi connectivity index (χ3n) is 2.18. The van der Waals surface area contributed by atoms with Crippen molar-refractivity contribution in [1.82, 2.24) is 20.5 Å². The maximum absolute atomic E-state index is 5.07. The number of nitrogens with one attached hydrogen (secondary N) is 2. The molecule has 0 saturated carbocycles. The Morgan fingerprint density at radius 2 is 2.53 bits per heavy atom. The molecular formula is C10H14N4O. The van der Waals surface area contributed by atoms with E-state index in [-0.39, 0.29) is 6.04 Å². The average molecular weight is 206 g/mol. The Bertz CT molecular complexity index is 334. The van der Waals surface area contributed by atoms with Gasteiger partial charge in [0, 0.05) is 5.56 Å². The van der Waals surface area contributed by atoms with E-state index in [0.717, 1.165) is 24.4 Å². The number of hydrogen-bond donors (Lipinski definition) is 2. The summed E-state index contributed by atoms with van der Waals surface area (Å²) in [5.41, 5.74) is 1.06. The molecule has 2 N–H and O–H groups in total. The van der Waals surface area contributed by atoms with Gasteiger partial charge in [-0.1, -0.05) is 6.92 Å². The van der Waals surface area contributed by atoms with Crippen molar-refractivity contribution in [2.75, 3.05) is 6.54 Å². The van der Waals surface area contributed by atoms with Crippen LogP contribution >= 0.6 is 0 Å². The fraction of sp³-hybridized carbons (Fsp3) is 0.400. The summed E-state index contributed by atoms with van der Waals surface area (Å²) < 4.78 is 5.07. The highest BCUT2D eigenvalue weighted by atomic mass is 16.3. The zero-order chi connectivity index (χ0) is 10.5. The van der Waals surface area contributed by atoms with E-state index in [2.05, 4.69) is 27.4 Å². The van der Waals surface area contributed by atoms with Crippen LogP contribution in [-0.4, -0.2) is 21.7 Å². The molecule has 2 aromatic heterocycles. The van der Waals surface area contributed by atoms with Gasteiger partial charge in [0.15, 0.2) is 0 Å². The molecule has 0 aliphatic carbocycles. The van der Waals surface area contributed by atoms with Crippen LogP contribution in [0, 0.1) is 0 Å². The van der Waals surface area contributed by atoms with Crippen LogP contribution in [0.5, 0.6) is 0 Å². The van der Waals surface area contributed by atoms with Crippen LogP contribution in [-0.2, 0) is 0 Å². The van der Waals surface area contributed by atoms with Gasteiger partial charge in [-0.25, -0.2) is 4.98 Å². The van der Waals surface area contributed by atoms with Gasteiger partial charge in [0.05, 0.1) is 18.6 Å². The first-order valence-corrected chi connectivity index (χ1v) is 5.02. The van der Waals surface area contributed by atoms with Crippen LogP contribution in [0.1, 0.15) is 30.8 Å². The fourth-order valence-electron chi connectivity index (χ4n) is 1.45. The van der Waals surface area contributed by atoms with Gasteiger partial charge in [-0.3, -0.25) is 5.10 Å². The van der Waals surface area contributed by atoms with Crippen molar-refractivity contribution in [2.24, 2.45) is 0 Å². The minimum Gasteiger partial charge on any atom is -0.472 e. The standard InChI is InChI=1S/C10H14N4O/c1-2-4-11-9(8-3-5-15-6-8)10-12-7-13-14-10/h3,5-7,9,11H,2,4H2,1H3,(H,12,13,14). The molecule has 1 atom stereocenters. The van der Waals surface area contributed by atoms with Crippen LogP contribution in [0.3, 0.4) is 0 Å². The van der Waals surface area contributed by atoms with Crippen molar-refractivity contribution in [3.8, 4) is 0 Å². The van der Waals surface area contributed by atoms with Crippen molar-refractivity contribution in [3.05, 3.63) is 36.3 Å². The Morgan fingerprint density at radius 3 is 3.13 bits per heavy atom. The van der Waals surface area contributed by atoms with Crippen LogP contribution < -0.4 is 5.32 Å². The third kappa shape index (κ3) is 2.24. The molecule has 0 aromatic carbocycles. The zero-order valence-corrected chi connectivity index (χ0v) is 8.60. The van der Waals surface area contributed by atoms with Crippen LogP contribution in [0.25, 0.3) is 0 Å². The highest BCUT2D eigenvalue weighted by Gasteiger charge is 2.16. The Kier molecular flexibility index (Phi) is 3.14. The number of H-pyrrole nitrogens is 1. The van der Waals surface area contributed by atoms with Crippen LogP contribution in [0.4, 0.5) is 0 Å². The molecule has 2 aromatic rings. The van der Waals surface area contributed by atoms with Crippen LogP contribution in [0.15, 0.2) is 29.3 Å². The monoisotopic (exact) mass is 206 g/mol. The Hall–Kier alpha value is -1.62. The van der Waals surface area contributed by atoms with Gasteiger partial charge in [-0.05, 0) is 19.0 Å². The lowest BCUT2D eigenvalue weighted by molar-refractivity contribution is 0.540. The first-order chi connectivity index (χ1) is 7.42. The van der Waals surface area contributed by atoms with E-state index >= 15 is 0 Å². The lowest BCUT2D eigenvalue weighted by atomic mass is 10.1. The smallest absolute Gasteiger partial charge is 0.146 e. The first-order valence-electron chi connectivity index (χ1n) is 5.02. The van der Waals surface area contributed by atoms with Gasteiger partial charge in [-0.15, -0.1) is 0 Å². The predicted molar refractivity (Wildman–Crippen MR) is 55.2 cm³/mol. The average Bonchev–Trinajstić information content (AvgIpc) is 2.90. The normalized spacial score (nSPS) is 12.9. The highest BCUT2D eigenvalue weighted by molar-refractivity contribution is 5.19. The topological polar surface area (TPSA) is 66.7 Å². The van der Waals surface area contributed by atoms with Crippen molar-refractivity contribution in [2.45, 2.75) is 19.4 Å². The van der Waals surface area contributed by atoms with Crippen molar-refractivity contribution in [3.63, 3.8) is 0 Å². The molecule has 5 heteroatoms. The fourth-order valence-corrected chi connectivity index (χ4v) is 1.45. The lowest BCUT2D eigenvalue weighted by Crippen LogP contribution is -2.23. The molecule has 0 bridgehead atoms. The molecular weight excluding hydrogens is 192 g/mol. The third-order valence-corrected chi connectivity index (χ3v) is 2.18. The maximum atomic E-state index is 5.07. The van der Waals surface area contributed by atoms with E-state index in [0.29, 0.717) is 0 Å². The minimum absolute atomic E-state index is 0.0335. The number of hydrogen-bond acceptors (Lipinski definition) is 4. The van der Waals surface area contributed by atoms with E-state index in [9.17, 15) is 0 Å². The molecule has 0 saturated heterocycles. The quantitative estimate of drug-likeness (QED) is 0.777. The molecule has 15 heavy (non-hydrogen) atoms. The summed E-state index contributed by atoms with van der Waals surface area (Å²) >= 11 is 0. The van der Waals surface area contributed by atoms with E-state index in [1.54, 1.807) is 12.5 Å². The van der Waals surface area contributed by atoms with Gasteiger partial charge in [-0.2, -0.15) is 5.10 Å². The summed E-state index contributed by atoms with van der Waals surface area (Å²) in [6.07, 6.45) is 5.96. The predicted octanol–water partition coefficient (Wildman–Crippen LogP) is 1.49. The number of furan rings is 1. The second kappa shape index (κ2) is 4.75. The van der Waals surface area contributed by atoms with E-state index in [1.807, 2.05) is 6.07 Å². The molecule has 1 unspecified atom stereocenters. The van der Waals surface area contributed by atoms with Gasteiger partial charge in [0.25, 0.3) is 0 Å². The molecule has 0 radical (unpaired) electrons. The van der Waals surface area contributed by atoms with E-state index < -0.39 is 0 Å². The molecule has 2 heterocycles. The summed E-state index contributed by atoms with van der Waals surface area (Å²) in [5, 5.41) is 10.1. The number of aromatic amines is 1. The van der Waals surface area contributed by atoms with Crippen molar-refractivity contribution < 1.29 is 4.42 Å². The molecule has 80 valence electrons. The second-order valence-electron chi connectivity index (χ2n) is 3.31. The number of rotatable bonds is 5. The Morgan fingerprint density at radius 1 is 1.60 bits per heavy atom. The van der Waals surface area contributed by atoms with Crippen LogP contribution in [0.2, 0.25) is 0 Å². The summed E-state index contributed by atoms with van der Waals surface area (Å²) in [5.74, 6) is 0.810. The van der Waals surface area contributed by atoms with Crippen molar-refractivity contribution >= 4 is 0 Å². The summed E-state index contributed by atoms with van der Waals surface area (Å²) in [7, 11) is 0. The van der Waals surface area contributed by atoms with E-state index in [1.165, 1.54) is 6.33 Å². The molecule has 0 aliphatic heterocycles. The maximum Gasteiger partial charge on any atom is 0.146 e. The van der Waals surface area contributed by atoms with Gasteiger partial charge in [0.1, 0.15) is 12.2 Å². The summed E-state index contributed by atoms with van der Waals surface area (Å²) in [4.78, 5) is 4.15. The van der Waals surface area contributed by atoms with Crippen molar-refractivity contribution in [1.29, 1.82) is 0 Å². The number of nitrogens with zero attached hydrogens (tertiary/aromatic N) is 2. The lowest BCUT2D eigenvalue weighted by Gasteiger charge is -2.13. The zero-order valence-electron chi connectivity index (χ0n) is 8.60.